The highest BCUT2D eigenvalue weighted by molar-refractivity contribution is 6.13. The second kappa shape index (κ2) is 17.5. The second-order valence-corrected chi connectivity index (χ2v) is 17.7. The van der Waals surface area contributed by atoms with E-state index in [0.717, 1.165) is 77.6 Å². The van der Waals surface area contributed by atoms with Gasteiger partial charge in [0.25, 0.3) is 0 Å². The smallest absolute Gasteiger partial charge is 0.187 e. The van der Waals surface area contributed by atoms with Crippen molar-refractivity contribution in [3.05, 3.63) is 233 Å². The number of hydrogen-bond donors (Lipinski definition) is 0. The van der Waals surface area contributed by atoms with E-state index in [4.69, 9.17) is 21.5 Å². The molecule has 0 N–H and O–H groups in total. The predicted molar refractivity (Wildman–Crippen MR) is 282 cm³/mol. The van der Waals surface area contributed by atoms with Gasteiger partial charge in [0.1, 0.15) is 0 Å². The van der Waals surface area contributed by atoms with Gasteiger partial charge in [0.2, 0.25) is 0 Å². The van der Waals surface area contributed by atoms with Crippen LogP contribution in [-0.2, 0) is 0 Å². The summed E-state index contributed by atoms with van der Waals surface area (Å²) in [6.45, 7) is 16.5. The first-order chi connectivity index (χ1) is 33.7. The average Bonchev–Trinajstić information content (AvgIpc) is 3.71. The number of nitrogens with zero attached hydrogens (tertiary/aromatic N) is 6. The topological polar surface area (TPSA) is 71.8 Å². The van der Waals surface area contributed by atoms with E-state index in [9.17, 15) is 5.26 Å². The summed E-state index contributed by atoms with van der Waals surface area (Å²) in [6, 6.07) is 69.3. The molecule has 0 atom stereocenters. The first kappa shape index (κ1) is 42.4. The van der Waals surface area contributed by atoms with Crippen molar-refractivity contribution in [2.45, 2.75) is 27.7 Å². The Morgan fingerprint density at radius 3 is 1.29 bits per heavy atom. The van der Waals surface area contributed by atoms with E-state index in [1.54, 1.807) is 0 Å². The second-order valence-electron chi connectivity index (χ2n) is 17.7. The largest absolute Gasteiger partial charge is 0.308 e. The number of aromatic nitrogens is 4. The van der Waals surface area contributed by atoms with Crippen LogP contribution in [0.3, 0.4) is 0 Å². The lowest BCUT2D eigenvalue weighted by Gasteiger charge is -2.21. The molecular weight excluding hydrogens is 841 g/mol. The van der Waals surface area contributed by atoms with Gasteiger partial charge in [-0.25, -0.2) is 19.8 Å². The Labute approximate surface area is 402 Å². The molecule has 69 heavy (non-hydrogen) atoms. The Balaban J connectivity index is 1.26. The van der Waals surface area contributed by atoms with Crippen molar-refractivity contribution < 1.29 is 0 Å². The number of aryl methyl sites for hydroxylation is 4. The minimum atomic E-state index is 0.515. The third-order valence-corrected chi connectivity index (χ3v) is 13.1. The van der Waals surface area contributed by atoms with Crippen LogP contribution >= 0.6 is 0 Å². The van der Waals surface area contributed by atoms with Crippen LogP contribution in [0.1, 0.15) is 27.8 Å². The number of fused-ring (bicyclic) bond motifs is 3. The zero-order valence-corrected chi connectivity index (χ0v) is 38.7. The molecule has 9 aromatic carbocycles. The Bertz CT molecular complexity index is 3630. The molecule has 0 saturated heterocycles. The van der Waals surface area contributed by atoms with E-state index in [0.29, 0.717) is 28.7 Å². The molecule has 0 radical (unpaired) electrons. The molecule has 326 valence electrons. The summed E-state index contributed by atoms with van der Waals surface area (Å²) in [5.74, 6) is 1.64. The minimum absolute atomic E-state index is 0.515. The summed E-state index contributed by atoms with van der Waals surface area (Å²) in [5, 5.41) is 12.2. The van der Waals surface area contributed by atoms with Crippen molar-refractivity contribution >= 4 is 27.5 Å². The third-order valence-electron chi connectivity index (χ3n) is 13.1. The van der Waals surface area contributed by atoms with Crippen LogP contribution in [0.25, 0.3) is 111 Å². The first-order valence-corrected chi connectivity index (χ1v) is 23.0. The van der Waals surface area contributed by atoms with Gasteiger partial charge in [-0.15, -0.1) is 0 Å². The van der Waals surface area contributed by atoms with Crippen LogP contribution in [0.4, 0.5) is 5.69 Å². The fourth-order valence-electron chi connectivity index (χ4n) is 9.70. The molecular formula is C63H44N6. The number of rotatable bonds is 8. The molecule has 2 heterocycles. The highest BCUT2D eigenvalue weighted by Crippen LogP contribution is 2.46. The Hall–Kier alpha value is -9.23. The standard InChI is InChI=1S/C63H44N6/c1-39-16-28-52(41(3)32-39)48-24-30-58-56(34-48)57-35-49(53-29-17-40(2)33-42(53)4)25-31-59(57)69(58)60-54(44-20-18-43(38-64)19-21-44)36-50(37-55(60)45-22-26-51(65-5)27-23-45)63-67-61(46-12-8-6-9-13-46)66-62(68-63)47-14-10-7-11-15-47/h6-37H,1-4H3. The summed E-state index contributed by atoms with van der Waals surface area (Å²) >= 11 is 0. The maximum absolute atomic E-state index is 9.98. The van der Waals surface area contributed by atoms with Crippen LogP contribution in [0.5, 0.6) is 0 Å². The van der Waals surface area contributed by atoms with Gasteiger partial charge in [0.15, 0.2) is 23.2 Å². The fourth-order valence-corrected chi connectivity index (χ4v) is 9.70. The fraction of sp³-hybridized carbons (Fsp3) is 0.0635. The van der Waals surface area contributed by atoms with Gasteiger partial charge < -0.3 is 4.57 Å². The quantitative estimate of drug-likeness (QED) is 0.143. The molecule has 2 aromatic heterocycles. The number of benzene rings is 9. The molecule has 0 spiro atoms. The summed E-state index contributed by atoms with van der Waals surface area (Å²) < 4.78 is 2.40. The molecule has 0 fully saturated rings. The summed E-state index contributed by atoms with van der Waals surface area (Å²) in [5.41, 5.74) is 19.9. The molecule has 0 aliphatic rings. The van der Waals surface area contributed by atoms with Gasteiger partial charge in [-0.05, 0) is 121 Å². The normalized spacial score (nSPS) is 11.2. The number of nitriles is 1. The molecule has 0 aliphatic carbocycles. The summed E-state index contributed by atoms with van der Waals surface area (Å²) in [7, 11) is 0. The molecule has 6 nitrogen and oxygen atoms in total. The zero-order chi connectivity index (χ0) is 47.2. The molecule has 0 amide bonds. The van der Waals surface area contributed by atoms with E-state index in [1.807, 2.05) is 109 Å². The van der Waals surface area contributed by atoms with E-state index in [2.05, 4.69) is 128 Å². The van der Waals surface area contributed by atoms with Gasteiger partial charge in [0, 0.05) is 38.6 Å². The number of hydrogen-bond acceptors (Lipinski definition) is 4. The van der Waals surface area contributed by atoms with Gasteiger partial charge >= 0.3 is 0 Å². The first-order valence-electron chi connectivity index (χ1n) is 23.0. The lowest BCUT2D eigenvalue weighted by Crippen LogP contribution is -2.04. The zero-order valence-electron chi connectivity index (χ0n) is 38.7. The van der Waals surface area contributed by atoms with Gasteiger partial charge in [0.05, 0.1) is 34.9 Å². The monoisotopic (exact) mass is 884 g/mol. The third kappa shape index (κ3) is 7.91. The lowest BCUT2D eigenvalue weighted by atomic mass is 9.92. The van der Waals surface area contributed by atoms with E-state index in [1.165, 1.54) is 33.4 Å². The average molecular weight is 885 g/mol. The van der Waals surface area contributed by atoms with E-state index < -0.39 is 0 Å². The molecule has 0 unspecified atom stereocenters. The van der Waals surface area contributed by atoms with Gasteiger partial charge in [-0.3, -0.25) is 0 Å². The summed E-state index contributed by atoms with van der Waals surface area (Å²) in [6.07, 6.45) is 0. The predicted octanol–water partition coefficient (Wildman–Crippen LogP) is 16.3. The Morgan fingerprint density at radius 1 is 0.420 bits per heavy atom. The molecule has 11 aromatic rings. The van der Waals surface area contributed by atoms with Crippen LogP contribution in [0.15, 0.2) is 194 Å². The van der Waals surface area contributed by atoms with Crippen LogP contribution in [-0.4, -0.2) is 19.5 Å². The Kier molecular flexibility index (Phi) is 10.8. The highest BCUT2D eigenvalue weighted by atomic mass is 15.0. The lowest BCUT2D eigenvalue weighted by molar-refractivity contribution is 1.07. The van der Waals surface area contributed by atoms with Crippen molar-refractivity contribution in [1.82, 2.24) is 19.5 Å². The molecule has 0 saturated carbocycles. The maximum Gasteiger partial charge on any atom is 0.187 e. The van der Waals surface area contributed by atoms with Gasteiger partial charge in [-0.1, -0.05) is 157 Å². The van der Waals surface area contributed by atoms with Crippen molar-refractivity contribution in [1.29, 1.82) is 5.26 Å². The maximum atomic E-state index is 9.98. The molecule has 11 rings (SSSR count). The molecule has 0 bridgehead atoms. The van der Waals surface area contributed by atoms with Gasteiger partial charge in [-0.2, -0.15) is 5.26 Å². The molecule has 6 heteroatoms. The molecule has 0 aliphatic heterocycles. The highest BCUT2D eigenvalue weighted by Gasteiger charge is 2.24. The van der Waals surface area contributed by atoms with Crippen molar-refractivity contribution in [3.8, 4) is 90.4 Å². The van der Waals surface area contributed by atoms with Crippen molar-refractivity contribution in [3.63, 3.8) is 0 Å². The van der Waals surface area contributed by atoms with Crippen LogP contribution in [0, 0.1) is 45.6 Å². The minimum Gasteiger partial charge on any atom is -0.308 e. The van der Waals surface area contributed by atoms with E-state index in [-0.39, 0.29) is 0 Å². The van der Waals surface area contributed by atoms with Crippen molar-refractivity contribution in [2.75, 3.05) is 0 Å². The summed E-state index contributed by atoms with van der Waals surface area (Å²) in [4.78, 5) is 19.2. The van der Waals surface area contributed by atoms with Crippen LogP contribution in [0.2, 0.25) is 0 Å². The SMILES string of the molecule is [C-]#[N+]c1ccc(-c2cc(-c3nc(-c4ccccc4)nc(-c4ccccc4)n3)cc(-c3ccc(C#N)cc3)c2-n2c3ccc(-c4ccc(C)cc4C)cc3c3cc(-c4ccc(C)cc4C)ccc32)cc1. The Morgan fingerprint density at radius 2 is 0.855 bits per heavy atom. The van der Waals surface area contributed by atoms with Crippen molar-refractivity contribution in [2.24, 2.45) is 0 Å². The van der Waals surface area contributed by atoms with Crippen LogP contribution < -0.4 is 0 Å². The van der Waals surface area contributed by atoms with E-state index >= 15 is 0 Å².